The van der Waals surface area contributed by atoms with Gasteiger partial charge in [-0.25, -0.2) is 0 Å². The largest absolute Gasteiger partial charge is 0.311 e. The molecule has 0 fully saturated rings. The Bertz CT molecular complexity index is 3920. The topological polar surface area (TPSA) is 9.72 Å². The lowest BCUT2D eigenvalue weighted by molar-refractivity contribution is 0.398. The smallest absolute Gasteiger partial charge is 0.0463 e. The molecule has 94 heavy (non-hydrogen) atoms. The van der Waals surface area contributed by atoms with Gasteiger partial charge in [0, 0.05) is 56.6 Å². The summed E-state index contributed by atoms with van der Waals surface area (Å²) in [5.74, 6) is 0.500. The van der Waals surface area contributed by atoms with Crippen LogP contribution >= 0.6 is 0 Å². The summed E-state index contributed by atoms with van der Waals surface area (Å²) < 4.78 is 0. The highest BCUT2D eigenvalue weighted by molar-refractivity contribution is 5.87. The van der Waals surface area contributed by atoms with Crippen LogP contribution in [0.25, 0.3) is 33.4 Å². The molecule has 0 spiro atoms. The number of aryl methyl sites for hydroxylation is 4. The molecule has 1 aliphatic rings. The highest BCUT2D eigenvalue weighted by Crippen LogP contribution is 2.56. The molecule has 3 nitrogen and oxygen atoms in total. The third-order valence-corrected chi connectivity index (χ3v) is 20.5. The zero-order valence-electron chi connectivity index (χ0n) is 58.2. The van der Waals surface area contributed by atoms with E-state index in [-0.39, 0.29) is 5.41 Å². The standard InChI is InChI=1S/C91H105N3/c1-9-14-18-20-22-24-64-91(65-25-23-21-19-15-10-2)89-66-69(7)30-62-87(89)88-63-43-77(67-90(88)91)76-41-56-84(57-42-76)94(81-50-35-73(36-51-81)70(8)13-5)83-54-39-75(40-55-83)74-37-52-82(53-38-74)93(80-48-33-72(34-49-80)27-17-12-4)86-60-58-85(59-61-86)92(78-44-28-68(6)29-45-78)79-46-31-71(32-47-79)26-16-11-3/h28-63,66-67,70H,9-27,64-65H2,1-8H3. The van der Waals surface area contributed by atoms with Gasteiger partial charge in [-0.3, -0.25) is 0 Å². The molecule has 0 radical (unpaired) electrons. The van der Waals surface area contributed by atoms with Gasteiger partial charge in [0.05, 0.1) is 0 Å². The monoisotopic (exact) mass is 1240 g/mol. The van der Waals surface area contributed by atoms with Crippen molar-refractivity contribution in [1.82, 2.24) is 0 Å². The third-order valence-electron chi connectivity index (χ3n) is 20.5. The predicted molar refractivity (Wildman–Crippen MR) is 409 cm³/mol. The molecule has 11 rings (SSSR count). The second kappa shape index (κ2) is 32.6. The van der Waals surface area contributed by atoms with Crippen LogP contribution in [-0.2, 0) is 18.3 Å². The van der Waals surface area contributed by atoms with Crippen molar-refractivity contribution in [2.75, 3.05) is 14.7 Å². The fourth-order valence-corrected chi connectivity index (χ4v) is 14.6. The van der Waals surface area contributed by atoms with Crippen LogP contribution < -0.4 is 14.7 Å². The quantitative estimate of drug-likeness (QED) is 0.0380. The van der Waals surface area contributed by atoms with E-state index >= 15 is 0 Å². The Hall–Kier alpha value is -8.40. The van der Waals surface area contributed by atoms with Crippen LogP contribution in [0.5, 0.6) is 0 Å². The van der Waals surface area contributed by atoms with Crippen molar-refractivity contribution in [3.63, 3.8) is 0 Å². The molecule has 0 saturated carbocycles. The summed E-state index contributed by atoms with van der Waals surface area (Å²) in [6, 6.07) is 88.4. The van der Waals surface area contributed by atoms with E-state index in [0.29, 0.717) is 5.92 Å². The molecule has 0 saturated heterocycles. The number of benzene rings is 10. The van der Waals surface area contributed by atoms with E-state index in [1.165, 1.54) is 177 Å². The van der Waals surface area contributed by atoms with Gasteiger partial charge in [0.2, 0.25) is 0 Å². The lowest BCUT2D eigenvalue weighted by Crippen LogP contribution is -2.25. The summed E-state index contributed by atoms with van der Waals surface area (Å²) >= 11 is 0. The van der Waals surface area contributed by atoms with Gasteiger partial charge < -0.3 is 14.7 Å². The van der Waals surface area contributed by atoms with Gasteiger partial charge in [-0.05, 0) is 241 Å². The van der Waals surface area contributed by atoms with Gasteiger partial charge in [-0.15, -0.1) is 0 Å². The van der Waals surface area contributed by atoms with E-state index in [1.54, 1.807) is 11.1 Å². The Morgan fingerprint density at radius 2 is 0.585 bits per heavy atom. The number of nitrogens with zero attached hydrogens (tertiary/aromatic N) is 3. The third kappa shape index (κ3) is 15.9. The molecule has 0 bridgehead atoms. The van der Waals surface area contributed by atoms with E-state index in [0.717, 1.165) is 70.4 Å². The number of hydrogen-bond donors (Lipinski definition) is 0. The van der Waals surface area contributed by atoms with Gasteiger partial charge in [0.1, 0.15) is 0 Å². The van der Waals surface area contributed by atoms with Crippen LogP contribution in [0.2, 0.25) is 0 Å². The molecular formula is C91H105N3. The van der Waals surface area contributed by atoms with Crippen LogP contribution in [0.3, 0.4) is 0 Å². The molecule has 484 valence electrons. The number of anilines is 9. The van der Waals surface area contributed by atoms with Gasteiger partial charge >= 0.3 is 0 Å². The highest BCUT2D eigenvalue weighted by atomic mass is 15.2. The molecule has 3 heteroatoms. The van der Waals surface area contributed by atoms with Crippen molar-refractivity contribution in [2.45, 2.75) is 202 Å². The van der Waals surface area contributed by atoms with Crippen LogP contribution in [0, 0.1) is 13.8 Å². The molecule has 1 unspecified atom stereocenters. The average Bonchev–Trinajstić information content (AvgIpc) is 1.57. The summed E-state index contributed by atoms with van der Waals surface area (Å²) in [7, 11) is 0. The van der Waals surface area contributed by atoms with Gasteiger partial charge in [0.15, 0.2) is 0 Å². The van der Waals surface area contributed by atoms with E-state index in [1.807, 2.05) is 0 Å². The Labute approximate surface area is 567 Å². The van der Waals surface area contributed by atoms with E-state index < -0.39 is 0 Å². The van der Waals surface area contributed by atoms with Crippen molar-refractivity contribution in [1.29, 1.82) is 0 Å². The highest BCUT2D eigenvalue weighted by Gasteiger charge is 2.42. The first-order valence-corrected chi connectivity index (χ1v) is 36.5. The molecule has 0 N–H and O–H groups in total. The lowest BCUT2D eigenvalue weighted by Gasteiger charge is -2.33. The van der Waals surface area contributed by atoms with Crippen molar-refractivity contribution >= 4 is 51.2 Å². The fraction of sp³-hybridized carbons (Fsp3) is 0.341. The SMILES string of the molecule is CCCCCCCCC1(CCCCCCCC)c2cc(C)ccc2-c2ccc(-c3ccc(N(c4ccc(-c5ccc(N(c6ccc(CCCC)cc6)c6ccc(N(c7ccc(C)cc7)c7ccc(CCCC)cc7)cc6)cc5)cc4)c4ccc(C(C)CC)cc4)cc3)cc21. The zero-order valence-corrected chi connectivity index (χ0v) is 58.2. The lowest BCUT2D eigenvalue weighted by atomic mass is 9.70. The number of rotatable bonds is 33. The minimum Gasteiger partial charge on any atom is -0.311 e. The van der Waals surface area contributed by atoms with Crippen molar-refractivity contribution in [3.05, 3.63) is 269 Å². The molecule has 0 heterocycles. The summed E-state index contributed by atoms with van der Waals surface area (Å²) in [4.78, 5) is 7.22. The van der Waals surface area contributed by atoms with Gasteiger partial charge in [-0.2, -0.15) is 0 Å². The molecular weight excluding hydrogens is 1140 g/mol. The van der Waals surface area contributed by atoms with Crippen molar-refractivity contribution in [3.8, 4) is 33.4 Å². The van der Waals surface area contributed by atoms with Crippen LogP contribution in [0.4, 0.5) is 51.2 Å². The van der Waals surface area contributed by atoms with Gasteiger partial charge in [0.25, 0.3) is 0 Å². The zero-order chi connectivity index (χ0) is 65.2. The normalized spacial score (nSPS) is 12.6. The Balaban J connectivity index is 0.887. The average molecular weight is 1240 g/mol. The number of fused-ring (bicyclic) bond motifs is 3. The summed E-state index contributed by atoms with van der Waals surface area (Å²) in [5.41, 5.74) is 28.0. The molecule has 1 aliphatic carbocycles. The van der Waals surface area contributed by atoms with Crippen molar-refractivity contribution in [2.24, 2.45) is 0 Å². The predicted octanol–water partition coefficient (Wildman–Crippen LogP) is 28.0. The van der Waals surface area contributed by atoms with Gasteiger partial charge in [-0.1, -0.05) is 258 Å². The Morgan fingerprint density at radius 3 is 0.979 bits per heavy atom. The first-order valence-electron chi connectivity index (χ1n) is 36.5. The Kier molecular flexibility index (Phi) is 23.3. The fourth-order valence-electron chi connectivity index (χ4n) is 14.6. The van der Waals surface area contributed by atoms with E-state index in [2.05, 4.69) is 301 Å². The van der Waals surface area contributed by atoms with Crippen LogP contribution in [-0.4, -0.2) is 0 Å². The first kappa shape index (κ1) is 67.0. The Morgan fingerprint density at radius 1 is 0.287 bits per heavy atom. The summed E-state index contributed by atoms with van der Waals surface area (Å²) in [6.07, 6.45) is 26.4. The van der Waals surface area contributed by atoms with E-state index in [9.17, 15) is 0 Å². The molecule has 1 atom stereocenters. The molecule has 10 aromatic rings. The minimum atomic E-state index is 0.0379. The molecule has 0 aliphatic heterocycles. The van der Waals surface area contributed by atoms with Crippen molar-refractivity contribution < 1.29 is 0 Å². The number of hydrogen-bond acceptors (Lipinski definition) is 3. The summed E-state index contributed by atoms with van der Waals surface area (Å²) in [5, 5.41) is 0. The first-order chi connectivity index (χ1) is 46.1. The van der Waals surface area contributed by atoms with Crippen LogP contribution in [0.15, 0.2) is 231 Å². The molecule has 0 amide bonds. The number of unbranched alkanes of at least 4 members (excludes halogenated alkanes) is 12. The maximum absolute atomic E-state index is 2.61. The maximum Gasteiger partial charge on any atom is 0.0463 e. The minimum absolute atomic E-state index is 0.0379. The molecule has 10 aromatic carbocycles. The van der Waals surface area contributed by atoms with Crippen LogP contribution in [0.1, 0.15) is 208 Å². The second-order valence-electron chi connectivity index (χ2n) is 27.4. The maximum atomic E-state index is 2.61. The van der Waals surface area contributed by atoms with E-state index in [4.69, 9.17) is 0 Å². The molecule has 0 aromatic heterocycles. The second-order valence-corrected chi connectivity index (χ2v) is 27.4. The summed E-state index contributed by atoms with van der Waals surface area (Å²) in [6.45, 7) is 18.3.